The number of piperazine rings is 1. The Labute approximate surface area is 178 Å². The summed E-state index contributed by atoms with van der Waals surface area (Å²) in [6, 6.07) is 10.5. The first-order chi connectivity index (χ1) is 13.7. The van der Waals surface area contributed by atoms with Crippen LogP contribution in [0.15, 0.2) is 55.1 Å². The molecule has 0 N–H and O–H groups in total. The van der Waals surface area contributed by atoms with Crippen molar-refractivity contribution in [1.29, 1.82) is 0 Å². The van der Waals surface area contributed by atoms with E-state index in [0.717, 1.165) is 49.8 Å². The predicted molar refractivity (Wildman–Crippen MR) is 120 cm³/mol. The summed E-state index contributed by atoms with van der Waals surface area (Å²) in [5.41, 5.74) is 4.92. The van der Waals surface area contributed by atoms with Crippen LogP contribution in [0, 0.1) is 13.8 Å². The highest BCUT2D eigenvalue weighted by atomic mass is 35.5. The fourth-order valence-electron chi connectivity index (χ4n) is 3.64. The molecule has 152 valence electrons. The highest BCUT2D eigenvalue weighted by molar-refractivity contribution is 5.85. The Morgan fingerprint density at radius 3 is 2.55 bits per heavy atom. The van der Waals surface area contributed by atoms with E-state index in [1.807, 2.05) is 16.9 Å². The Balaban J connectivity index is 0.00000240. The Kier molecular flexibility index (Phi) is 7.01. The van der Waals surface area contributed by atoms with Crippen LogP contribution in [0.4, 0.5) is 5.69 Å². The summed E-state index contributed by atoms with van der Waals surface area (Å²) >= 11 is 0. The number of nitrogens with zero attached hydrogens (tertiary/aromatic N) is 6. The summed E-state index contributed by atoms with van der Waals surface area (Å²) in [6.07, 6.45) is 9.56. The molecule has 7 heteroatoms. The molecule has 6 nitrogen and oxygen atoms in total. The third-order valence-corrected chi connectivity index (χ3v) is 5.32. The molecule has 1 aliphatic rings. The molecule has 0 atom stereocenters. The molecule has 1 aliphatic heterocycles. The van der Waals surface area contributed by atoms with E-state index in [2.05, 4.69) is 75.1 Å². The van der Waals surface area contributed by atoms with Crippen LogP contribution in [0.1, 0.15) is 16.8 Å². The molecule has 3 aromatic rings. The second kappa shape index (κ2) is 9.67. The van der Waals surface area contributed by atoms with E-state index in [9.17, 15) is 0 Å². The zero-order valence-corrected chi connectivity index (χ0v) is 17.7. The van der Waals surface area contributed by atoms with Gasteiger partial charge in [-0.2, -0.15) is 5.10 Å². The van der Waals surface area contributed by atoms with Crippen LogP contribution >= 0.6 is 12.4 Å². The summed E-state index contributed by atoms with van der Waals surface area (Å²) in [7, 11) is 0. The summed E-state index contributed by atoms with van der Waals surface area (Å²) in [5, 5.41) is 4.46. The highest BCUT2D eigenvalue weighted by Crippen LogP contribution is 2.21. The van der Waals surface area contributed by atoms with Gasteiger partial charge in [-0.15, -0.1) is 12.4 Å². The molecular formula is C22H27ClN6. The van der Waals surface area contributed by atoms with Crippen LogP contribution in [-0.4, -0.2) is 57.4 Å². The molecule has 3 heterocycles. The summed E-state index contributed by atoms with van der Waals surface area (Å²) in [4.78, 5) is 13.2. The fourth-order valence-corrected chi connectivity index (χ4v) is 3.64. The van der Waals surface area contributed by atoms with Crippen molar-refractivity contribution < 1.29 is 0 Å². The molecule has 0 aliphatic carbocycles. The minimum atomic E-state index is 0. The van der Waals surface area contributed by atoms with Crippen molar-refractivity contribution in [3.8, 4) is 5.82 Å². The molecule has 0 radical (unpaired) electrons. The van der Waals surface area contributed by atoms with Crippen molar-refractivity contribution >= 4 is 24.2 Å². The van der Waals surface area contributed by atoms with Crippen molar-refractivity contribution in [1.82, 2.24) is 24.6 Å². The van der Waals surface area contributed by atoms with Gasteiger partial charge in [0, 0.05) is 56.2 Å². The average molecular weight is 411 g/mol. The summed E-state index contributed by atoms with van der Waals surface area (Å²) < 4.78 is 1.85. The molecule has 1 fully saturated rings. The van der Waals surface area contributed by atoms with E-state index in [1.165, 1.54) is 11.3 Å². The Morgan fingerprint density at radius 1 is 1.03 bits per heavy atom. The van der Waals surface area contributed by atoms with Crippen molar-refractivity contribution in [2.75, 3.05) is 37.6 Å². The number of aromatic nitrogens is 4. The van der Waals surface area contributed by atoms with Crippen LogP contribution in [-0.2, 0) is 0 Å². The van der Waals surface area contributed by atoms with E-state index in [4.69, 9.17) is 0 Å². The van der Waals surface area contributed by atoms with Crippen LogP contribution in [0.3, 0.4) is 0 Å². The van der Waals surface area contributed by atoms with Crippen molar-refractivity contribution in [3.05, 3.63) is 71.9 Å². The van der Waals surface area contributed by atoms with Gasteiger partial charge in [-0.3, -0.25) is 4.90 Å². The largest absolute Gasteiger partial charge is 0.369 e. The zero-order valence-electron chi connectivity index (χ0n) is 16.9. The maximum Gasteiger partial charge on any atom is 0.156 e. The van der Waals surface area contributed by atoms with Gasteiger partial charge in [0.25, 0.3) is 0 Å². The standard InChI is InChI=1S/C22H26N6.ClH/c1-18-6-3-4-8-21(18)27-14-12-26(13-15-27)11-5-7-20-16-25-28(19(20)2)22-9-10-23-17-24-22;/h3-10,16-17H,11-15H2,1-2H3;1H/b7-5+;. The molecule has 4 rings (SSSR count). The van der Waals surface area contributed by atoms with Crippen molar-refractivity contribution in [3.63, 3.8) is 0 Å². The Hall–Kier alpha value is -2.70. The van der Waals surface area contributed by atoms with Gasteiger partial charge in [-0.05, 0) is 25.5 Å². The van der Waals surface area contributed by atoms with E-state index in [1.54, 1.807) is 12.5 Å². The second-order valence-electron chi connectivity index (χ2n) is 7.14. The van der Waals surface area contributed by atoms with E-state index >= 15 is 0 Å². The minimum absolute atomic E-state index is 0. The maximum absolute atomic E-state index is 4.46. The average Bonchev–Trinajstić information content (AvgIpc) is 3.10. The first kappa shape index (κ1) is 21.0. The van der Waals surface area contributed by atoms with E-state index in [0.29, 0.717) is 0 Å². The van der Waals surface area contributed by atoms with Gasteiger partial charge in [0.1, 0.15) is 6.33 Å². The van der Waals surface area contributed by atoms with Gasteiger partial charge in [0.05, 0.1) is 11.9 Å². The highest BCUT2D eigenvalue weighted by Gasteiger charge is 2.17. The monoisotopic (exact) mass is 410 g/mol. The number of halogens is 1. The number of rotatable bonds is 5. The van der Waals surface area contributed by atoms with Crippen molar-refractivity contribution in [2.24, 2.45) is 0 Å². The topological polar surface area (TPSA) is 50.1 Å². The number of para-hydroxylation sites is 1. The lowest BCUT2D eigenvalue weighted by Gasteiger charge is -2.36. The summed E-state index contributed by atoms with van der Waals surface area (Å²) in [6.45, 7) is 9.52. The van der Waals surface area contributed by atoms with Gasteiger partial charge in [0.15, 0.2) is 5.82 Å². The molecule has 1 aromatic carbocycles. The number of hydrogen-bond acceptors (Lipinski definition) is 5. The fraction of sp³-hybridized carbons (Fsp3) is 0.318. The lowest BCUT2D eigenvalue weighted by Crippen LogP contribution is -2.46. The number of hydrogen-bond donors (Lipinski definition) is 0. The smallest absolute Gasteiger partial charge is 0.156 e. The SMILES string of the molecule is Cc1ccccc1N1CCN(C/C=C/c2cnn(-c3ccncn3)c2C)CC1.Cl. The maximum atomic E-state index is 4.46. The molecule has 0 unspecified atom stereocenters. The Bertz CT molecular complexity index is 945. The van der Waals surface area contributed by atoms with Gasteiger partial charge in [0.2, 0.25) is 0 Å². The molecule has 0 amide bonds. The summed E-state index contributed by atoms with van der Waals surface area (Å²) in [5.74, 6) is 0.791. The lowest BCUT2D eigenvalue weighted by atomic mass is 10.1. The normalized spacial score (nSPS) is 14.9. The van der Waals surface area contributed by atoms with E-state index in [-0.39, 0.29) is 12.4 Å². The second-order valence-corrected chi connectivity index (χ2v) is 7.14. The van der Waals surface area contributed by atoms with Gasteiger partial charge >= 0.3 is 0 Å². The van der Waals surface area contributed by atoms with Crippen LogP contribution in [0.25, 0.3) is 11.9 Å². The van der Waals surface area contributed by atoms with Crippen LogP contribution < -0.4 is 4.90 Å². The minimum Gasteiger partial charge on any atom is -0.369 e. The van der Waals surface area contributed by atoms with Crippen LogP contribution in [0.2, 0.25) is 0 Å². The molecule has 0 bridgehead atoms. The predicted octanol–water partition coefficient (Wildman–Crippen LogP) is 3.54. The molecule has 29 heavy (non-hydrogen) atoms. The molecule has 1 saturated heterocycles. The molecule has 0 spiro atoms. The first-order valence-corrected chi connectivity index (χ1v) is 9.73. The lowest BCUT2D eigenvalue weighted by molar-refractivity contribution is 0.284. The van der Waals surface area contributed by atoms with Gasteiger partial charge in [-0.25, -0.2) is 14.6 Å². The Morgan fingerprint density at radius 2 is 1.83 bits per heavy atom. The van der Waals surface area contributed by atoms with E-state index < -0.39 is 0 Å². The molecule has 0 saturated carbocycles. The number of benzene rings is 1. The zero-order chi connectivity index (χ0) is 19.3. The van der Waals surface area contributed by atoms with Crippen LogP contribution in [0.5, 0.6) is 0 Å². The molecular weight excluding hydrogens is 384 g/mol. The quantitative estimate of drug-likeness (QED) is 0.644. The van der Waals surface area contributed by atoms with Crippen molar-refractivity contribution in [2.45, 2.75) is 13.8 Å². The molecule has 2 aromatic heterocycles. The third-order valence-electron chi connectivity index (χ3n) is 5.32. The number of aryl methyl sites for hydroxylation is 1. The first-order valence-electron chi connectivity index (χ1n) is 9.73. The number of anilines is 1. The van der Waals surface area contributed by atoms with Gasteiger partial charge < -0.3 is 4.90 Å². The van der Waals surface area contributed by atoms with Gasteiger partial charge in [-0.1, -0.05) is 30.4 Å². The third kappa shape index (κ3) is 4.83.